The number of fused-ring (bicyclic) bond motifs is 1. The van der Waals surface area contributed by atoms with E-state index in [1.54, 1.807) is 42.5 Å². The molecule has 0 aliphatic carbocycles. The third-order valence-corrected chi connectivity index (χ3v) is 4.98. The number of rotatable bonds is 8. The first kappa shape index (κ1) is 19.6. The van der Waals surface area contributed by atoms with Crippen LogP contribution in [0.4, 0.5) is 11.4 Å². The zero-order valence-electron chi connectivity index (χ0n) is 15.3. The molecule has 0 fully saturated rings. The largest absolute Gasteiger partial charge is 0.490 e. The van der Waals surface area contributed by atoms with E-state index in [4.69, 9.17) is 14.2 Å². The maximum Gasteiger partial charge on any atom is 0.245 e. The summed E-state index contributed by atoms with van der Waals surface area (Å²) in [4.78, 5) is 12.4. The topological polar surface area (TPSA) is 94.2 Å². The molecule has 0 saturated carbocycles. The molecule has 148 valence electrons. The van der Waals surface area contributed by atoms with Gasteiger partial charge >= 0.3 is 0 Å². The van der Waals surface area contributed by atoms with Crippen LogP contribution < -0.4 is 23.8 Å². The highest BCUT2D eigenvalue weighted by Crippen LogP contribution is 2.36. The number of carbonyl (C=O) groups is 1. The van der Waals surface area contributed by atoms with Crippen molar-refractivity contribution >= 4 is 27.3 Å². The fraction of sp³-hybridized carbons (Fsp3) is 0.211. The highest BCUT2D eigenvalue weighted by atomic mass is 32.2. The second-order valence-corrected chi connectivity index (χ2v) is 7.89. The van der Waals surface area contributed by atoms with Crippen molar-refractivity contribution in [2.24, 2.45) is 0 Å². The van der Waals surface area contributed by atoms with E-state index in [-0.39, 0.29) is 13.3 Å². The highest BCUT2D eigenvalue weighted by molar-refractivity contribution is 7.92. The Morgan fingerprint density at radius 2 is 1.93 bits per heavy atom. The summed E-state index contributed by atoms with van der Waals surface area (Å²) >= 11 is 0. The number of nitrogens with zero attached hydrogens (tertiary/aromatic N) is 1. The highest BCUT2D eigenvalue weighted by Gasteiger charge is 2.23. The smallest absolute Gasteiger partial charge is 0.245 e. The molecule has 2 aromatic carbocycles. The number of benzene rings is 2. The maximum absolute atomic E-state index is 12.4. The SMILES string of the molecule is C=CCOc1ccc(NC(=O)CN(c2ccc3c(c2)OCO3)S(C)(=O)=O)cc1. The molecule has 0 spiro atoms. The van der Waals surface area contributed by atoms with Crippen LogP contribution in [0.25, 0.3) is 0 Å². The van der Waals surface area contributed by atoms with Crippen molar-refractivity contribution in [2.75, 3.05) is 35.8 Å². The quantitative estimate of drug-likeness (QED) is 0.679. The first-order chi connectivity index (χ1) is 13.4. The van der Waals surface area contributed by atoms with Gasteiger partial charge in [0.1, 0.15) is 18.9 Å². The van der Waals surface area contributed by atoms with Crippen LogP contribution in [0.15, 0.2) is 55.1 Å². The Balaban J connectivity index is 1.71. The molecule has 28 heavy (non-hydrogen) atoms. The van der Waals surface area contributed by atoms with Crippen LogP contribution >= 0.6 is 0 Å². The molecule has 2 aromatic rings. The van der Waals surface area contributed by atoms with Gasteiger partial charge in [-0.2, -0.15) is 0 Å². The summed E-state index contributed by atoms with van der Waals surface area (Å²) in [5, 5.41) is 2.67. The van der Waals surface area contributed by atoms with E-state index in [9.17, 15) is 13.2 Å². The molecule has 0 radical (unpaired) electrons. The molecule has 0 aromatic heterocycles. The molecule has 1 amide bonds. The molecule has 0 bridgehead atoms. The van der Waals surface area contributed by atoms with Crippen LogP contribution in [0.2, 0.25) is 0 Å². The molecule has 3 rings (SSSR count). The number of hydrogen-bond donors (Lipinski definition) is 1. The predicted octanol–water partition coefficient (Wildman–Crippen LogP) is 2.38. The first-order valence-electron chi connectivity index (χ1n) is 8.38. The molecular formula is C19H20N2O6S. The van der Waals surface area contributed by atoms with E-state index >= 15 is 0 Å². The van der Waals surface area contributed by atoms with Gasteiger partial charge in [0.05, 0.1) is 11.9 Å². The van der Waals surface area contributed by atoms with Crippen LogP contribution in [0.3, 0.4) is 0 Å². The van der Waals surface area contributed by atoms with Gasteiger partial charge in [-0.15, -0.1) is 0 Å². The fourth-order valence-corrected chi connectivity index (χ4v) is 3.41. The van der Waals surface area contributed by atoms with Gasteiger partial charge in [-0.05, 0) is 36.4 Å². The van der Waals surface area contributed by atoms with E-state index < -0.39 is 15.9 Å². The standard InChI is InChI=1S/C19H20N2O6S/c1-3-10-25-16-7-4-14(5-8-16)20-19(22)12-21(28(2,23)24)15-6-9-17-18(11-15)27-13-26-17/h3-9,11H,1,10,12-13H2,2H3,(H,20,22). The zero-order chi connectivity index (χ0) is 20.1. The minimum atomic E-state index is -3.69. The van der Waals surface area contributed by atoms with Crippen LogP contribution in [0.5, 0.6) is 17.2 Å². The lowest BCUT2D eigenvalue weighted by atomic mass is 10.2. The second kappa shape index (κ2) is 8.22. The van der Waals surface area contributed by atoms with Crippen LogP contribution in [0.1, 0.15) is 0 Å². The summed E-state index contributed by atoms with van der Waals surface area (Å²) < 4.78 is 41.3. The van der Waals surface area contributed by atoms with Crippen LogP contribution in [0, 0.1) is 0 Å². The monoisotopic (exact) mass is 404 g/mol. The van der Waals surface area contributed by atoms with E-state index in [2.05, 4.69) is 11.9 Å². The molecule has 0 unspecified atom stereocenters. The van der Waals surface area contributed by atoms with E-state index in [1.807, 2.05) is 0 Å². The average molecular weight is 404 g/mol. The summed E-state index contributed by atoms with van der Waals surface area (Å²) in [5.74, 6) is 1.11. The second-order valence-electron chi connectivity index (χ2n) is 5.98. The van der Waals surface area contributed by atoms with Crippen molar-refractivity contribution in [2.45, 2.75) is 0 Å². The summed E-state index contributed by atoms with van der Waals surface area (Å²) in [6.45, 7) is 3.65. The summed E-state index contributed by atoms with van der Waals surface area (Å²) in [6, 6.07) is 11.4. The Kier molecular flexibility index (Phi) is 5.74. The first-order valence-corrected chi connectivity index (χ1v) is 10.2. The predicted molar refractivity (Wildman–Crippen MR) is 106 cm³/mol. The Bertz CT molecular complexity index is 972. The zero-order valence-corrected chi connectivity index (χ0v) is 16.1. The Hall–Kier alpha value is -3.20. The van der Waals surface area contributed by atoms with Crippen molar-refractivity contribution in [3.05, 3.63) is 55.1 Å². The van der Waals surface area contributed by atoms with Crippen molar-refractivity contribution in [3.63, 3.8) is 0 Å². The number of hydrogen-bond acceptors (Lipinski definition) is 6. The number of amides is 1. The Labute approximate surface area is 163 Å². The van der Waals surface area contributed by atoms with Gasteiger partial charge in [-0.1, -0.05) is 12.7 Å². The summed E-state index contributed by atoms with van der Waals surface area (Å²) in [5.41, 5.74) is 0.838. The number of sulfonamides is 1. The third-order valence-electron chi connectivity index (χ3n) is 3.84. The molecular weight excluding hydrogens is 384 g/mol. The average Bonchev–Trinajstić information content (AvgIpc) is 3.12. The Morgan fingerprint density at radius 3 is 2.61 bits per heavy atom. The number of anilines is 2. The number of carbonyl (C=O) groups excluding carboxylic acids is 1. The van der Waals surface area contributed by atoms with Crippen molar-refractivity contribution in [1.29, 1.82) is 0 Å². The van der Waals surface area contributed by atoms with Crippen LogP contribution in [-0.2, 0) is 14.8 Å². The van der Waals surface area contributed by atoms with Gasteiger partial charge in [0, 0.05) is 11.8 Å². The van der Waals surface area contributed by atoms with Gasteiger partial charge in [-0.3, -0.25) is 9.10 Å². The van der Waals surface area contributed by atoms with Crippen molar-refractivity contribution < 1.29 is 27.4 Å². The van der Waals surface area contributed by atoms with Gasteiger partial charge in [-0.25, -0.2) is 8.42 Å². The van der Waals surface area contributed by atoms with E-state index in [0.717, 1.165) is 10.6 Å². The molecule has 1 aliphatic rings. The molecule has 0 atom stereocenters. The summed E-state index contributed by atoms with van der Waals surface area (Å²) in [6.07, 6.45) is 2.67. The van der Waals surface area contributed by atoms with E-state index in [0.29, 0.717) is 35.2 Å². The van der Waals surface area contributed by atoms with Crippen molar-refractivity contribution in [1.82, 2.24) is 0 Å². The van der Waals surface area contributed by atoms with E-state index in [1.165, 1.54) is 6.07 Å². The third kappa shape index (κ3) is 4.74. The molecule has 1 heterocycles. The fourth-order valence-electron chi connectivity index (χ4n) is 2.56. The Morgan fingerprint density at radius 1 is 1.21 bits per heavy atom. The molecule has 8 nitrogen and oxygen atoms in total. The van der Waals surface area contributed by atoms with Gasteiger partial charge < -0.3 is 19.5 Å². The number of ether oxygens (including phenoxy) is 3. The molecule has 1 N–H and O–H groups in total. The summed E-state index contributed by atoms with van der Waals surface area (Å²) in [7, 11) is -3.69. The van der Waals surface area contributed by atoms with Crippen LogP contribution in [-0.4, -0.2) is 40.5 Å². The molecule has 9 heteroatoms. The minimum absolute atomic E-state index is 0.0741. The van der Waals surface area contributed by atoms with Gasteiger partial charge in [0.2, 0.25) is 22.7 Å². The lowest BCUT2D eigenvalue weighted by molar-refractivity contribution is -0.114. The molecule has 0 saturated heterocycles. The van der Waals surface area contributed by atoms with Crippen molar-refractivity contribution in [3.8, 4) is 17.2 Å². The molecule has 1 aliphatic heterocycles. The minimum Gasteiger partial charge on any atom is -0.490 e. The normalized spacial score (nSPS) is 12.3. The lowest BCUT2D eigenvalue weighted by Crippen LogP contribution is -2.37. The van der Waals surface area contributed by atoms with Gasteiger partial charge in [0.25, 0.3) is 0 Å². The number of nitrogens with one attached hydrogen (secondary N) is 1. The maximum atomic E-state index is 12.4. The van der Waals surface area contributed by atoms with Gasteiger partial charge in [0.15, 0.2) is 11.5 Å². The lowest BCUT2D eigenvalue weighted by Gasteiger charge is -2.22.